The van der Waals surface area contributed by atoms with Crippen LogP contribution >= 0.6 is 15.9 Å². The minimum atomic E-state index is -0.468. The molecule has 0 amide bonds. The third-order valence-electron chi connectivity index (χ3n) is 2.26. The number of aliphatic hydroxyl groups is 1. The van der Waals surface area contributed by atoms with Gasteiger partial charge in [0.15, 0.2) is 5.82 Å². The van der Waals surface area contributed by atoms with Gasteiger partial charge in [-0.25, -0.2) is 4.39 Å². The Balaban J connectivity index is 2.49. The van der Waals surface area contributed by atoms with Crippen molar-refractivity contribution in [1.29, 1.82) is 5.26 Å². The van der Waals surface area contributed by atoms with Crippen molar-refractivity contribution >= 4 is 21.6 Å². The Hall–Kier alpha value is -1.16. The van der Waals surface area contributed by atoms with Crippen molar-refractivity contribution in [2.24, 2.45) is 0 Å². The fraction of sp³-hybridized carbons (Fsp3) is 0.417. The average Bonchev–Trinajstić information content (AvgIpc) is 2.33. The highest BCUT2D eigenvalue weighted by molar-refractivity contribution is 9.10. The minimum Gasteiger partial charge on any atom is -0.392 e. The second kappa shape index (κ2) is 7.31. The summed E-state index contributed by atoms with van der Waals surface area (Å²) < 4.78 is 13.9. The van der Waals surface area contributed by atoms with E-state index in [0.29, 0.717) is 25.3 Å². The molecule has 1 aromatic rings. The zero-order valence-electron chi connectivity index (χ0n) is 10.0. The molecule has 6 heteroatoms. The molecular formula is C12H15BrFN3O. The largest absolute Gasteiger partial charge is 0.392 e. The van der Waals surface area contributed by atoms with E-state index in [1.54, 1.807) is 13.0 Å². The molecule has 1 rings (SSSR count). The van der Waals surface area contributed by atoms with Crippen LogP contribution in [0.2, 0.25) is 0 Å². The number of nitrogens with zero attached hydrogens (tertiary/aromatic N) is 1. The summed E-state index contributed by atoms with van der Waals surface area (Å²) >= 11 is 3.05. The molecule has 0 spiro atoms. The van der Waals surface area contributed by atoms with E-state index in [1.807, 2.05) is 6.07 Å². The van der Waals surface area contributed by atoms with Crippen LogP contribution in [0.3, 0.4) is 0 Å². The molecule has 1 unspecified atom stereocenters. The predicted molar refractivity (Wildman–Crippen MR) is 71.9 cm³/mol. The molecule has 0 aliphatic heterocycles. The summed E-state index contributed by atoms with van der Waals surface area (Å²) in [5.74, 6) is -0.468. The van der Waals surface area contributed by atoms with Crippen molar-refractivity contribution in [2.45, 2.75) is 13.0 Å². The van der Waals surface area contributed by atoms with Crippen LogP contribution in [-0.4, -0.2) is 30.8 Å². The first-order chi connectivity index (χ1) is 8.56. The fourth-order valence-corrected chi connectivity index (χ4v) is 1.80. The molecular weight excluding hydrogens is 301 g/mol. The number of nitrogens with one attached hydrogen (secondary N) is 2. The second-order valence-corrected chi connectivity index (χ2v) is 4.67. The molecule has 0 aromatic heterocycles. The Morgan fingerprint density at radius 3 is 2.83 bits per heavy atom. The first-order valence-electron chi connectivity index (χ1n) is 5.57. The highest BCUT2D eigenvalue weighted by Crippen LogP contribution is 2.26. The highest BCUT2D eigenvalue weighted by Gasteiger charge is 2.10. The van der Waals surface area contributed by atoms with Crippen LogP contribution in [0, 0.1) is 17.1 Å². The molecule has 0 saturated carbocycles. The quantitative estimate of drug-likeness (QED) is 0.701. The summed E-state index contributed by atoms with van der Waals surface area (Å²) in [4.78, 5) is 0. The summed E-state index contributed by atoms with van der Waals surface area (Å²) in [6.07, 6.45) is -0.397. The number of benzene rings is 1. The number of halogens is 2. The highest BCUT2D eigenvalue weighted by atomic mass is 79.9. The van der Waals surface area contributed by atoms with Gasteiger partial charge in [-0.3, -0.25) is 0 Å². The molecule has 18 heavy (non-hydrogen) atoms. The molecule has 3 N–H and O–H groups in total. The Labute approximate surface area is 114 Å². The van der Waals surface area contributed by atoms with E-state index in [2.05, 4.69) is 26.6 Å². The summed E-state index contributed by atoms with van der Waals surface area (Å²) in [7, 11) is 0. The van der Waals surface area contributed by atoms with E-state index in [0.717, 1.165) is 0 Å². The molecule has 0 saturated heterocycles. The van der Waals surface area contributed by atoms with E-state index >= 15 is 0 Å². The zero-order chi connectivity index (χ0) is 13.5. The summed E-state index contributed by atoms with van der Waals surface area (Å²) in [5.41, 5.74) is 0.616. The number of aliphatic hydroxyl groups excluding tert-OH is 1. The summed E-state index contributed by atoms with van der Waals surface area (Å²) in [6.45, 7) is 3.34. The molecule has 4 nitrogen and oxygen atoms in total. The van der Waals surface area contributed by atoms with Crippen LogP contribution in [0.4, 0.5) is 10.1 Å². The summed E-state index contributed by atoms with van der Waals surface area (Å²) in [6, 6.07) is 4.99. The van der Waals surface area contributed by atoms with Gasteiger partial charge >= 0.3 is 0 Å². The van der Waals surface area contributed by atoms with Gasteiger partial charge in [0.2, 0.25) is 0 Å². The standard InChI is InChI=1S/C12H15BrFN3O/c1-8(18)7-16-4-5-17-10-3-2-9(6-15)11(13)12(10)14/h2-3,8,16-18H,4-5,7H2,1H3. The number of hydrogen-bond acceptors (Lipinski definition) is 4. The monoisotopic (exact) mass is 315 g/mol. The molecule has 0 fully saturated rings. The van der Waals surface area contributed by atoms with Gasteiger partial charge in [-0.05, 0) is 35.0 Å². The van der Waals surface area contributed by atoms with Crippen LogP contribution in [-0.2, 0) is 0 Å². The number of hydrogen-bond donors (Lipinski definition) is 3. The maximum atomic E-state index is 13.8. The van der Waals surface area contributed by atoms with Crippen molar-refractivity contribution in [3.63, 3.8) is 0 Å². The van der Waals surface area contributed by atoms with Crippen molar-refractivity contribution in [3.8, 4) is 6.07 Å². The van der Waals surface area contributed by atoms with Gasteiger partial charge in [0, 0.05) is 19.6 Å². The first kappa shape index (κ1) is 14.9. The van der Waals surface area contributed by atoms with Crippen LogP contribution in [0.5, 0.6) is 0 Å². The smallest absolute Gasteiger partial charge is 0.161 e. The molecule has 0 aliphatic rings. The lowest BCUT2D eigenvalue weighted by atomic mass is 10.2. The van der Waals surface area contributed by atoms with Gasteiger partial charge in [0.1, 0.15) is 6.07 Å². The van der Waals surface area contributed by atoms with Gasteiger partial charge in [0.05, 0.1) is 21.8 Å². The fourth-order valence-electron chi connectivity index (χ4n) is 1.37. The molecule has 0 radical (unpaired) electrons. The molecule has 1 aromatic carbocycles. The Bertz CT molecular complexity index is 446. The Morgan fingerprint density at radius 1 is 1.50 bits per heavy atom. The number of anilines is 1. The van der Waals surface area contributed by atoms with Gasteiger partial charge < -0.3 is 15.7 Å². The lowest BCUT2D eigenvalue weighted by Gasteiger charge is -2.10. The molecule has 1 atom stereocenters. The van der Waals surface area contributed by atoms with E-state index in [4.69, 9.17) is 10.4 Å². The molecule has 0 bridgehead atoms. The van der Waals surface area contributed by atoms with Crippen molar-refractivity contribution in [2.75, 3.05) is 25.0 Å². The van der Waals surface area contributed by atoms with E-state index in [1.165, 1.54) is 6.07 Å². The number of rotatable bonds is 6. The maximum Gasteiger partial charge on any atom is 0.161 e. The topological polar surface area (TPSA) is 68.1 Å². The van der Waals surface area contributed by atoms with Crippen molar-refractivity contribution in [1.82, 2.24) is 5.32 Å². The first-order valence-corrected chi connectivity index (χ1v) is 6.36. The lowest BCUT2D eigenvalue weighted by molar-refractivity contribution is 0.192. The predicted octanol–water partition coefficient (Wildman–Crippen LogP) is 1.84. The van der Waals surface area contributed by atoms with E-state index < -0.39 is 11.9 Å². The third kappa shape index (κ3) is 4.26. The Kier molecular flexibility index (Phi) is 6.05. The molecule has 0 heterocycles. The second-order valence-electron chi connectivity index (χ2n) is 3.88. The van der Waals surface area contributed by atoms with Gasteiger partial charge in [-0.2, -0.15) is 5.26 Å². The van der Waals surface area contributed by atoms with E-state index in [-0.39, 0.29) is 10.0 Å². The zero-order valence-corrected chi connectivity index (χ0v) is 11.6. The maximum absolute atomic E-state index is 13.8. The number of nitriles is 1. The van der Waals surface area contributed by atoms with Crippen LogP contribution in [0.1, 0.15) is 12.5 Å². The minimum absolute atomic E-state index is 0.173. The SMILES string of the molecule is CC(O)CNCCNc1ccc(C#N)c(Br)c1F. The third-order valence-corrected chi connectivity index (χ3v) is 3.04. The van der Waals surface area contributed by atoms with Crippen LogP contribution < -0.4 is 10.6 Å². The summed E-state index contributed by atoms with van der Waals surface area (Å²) in [5, 5.41) is 23.7. The van der Waals surface area contributed by atoms with Gasteiger partial charge in [-0.15, -0.1) is 0 Å². The molecule has 0 aliphatic carbocycles. The van der Waals surface area contributed by atoms with Crippen molar-refractivity contribution < 1.29 is 9.50 Å². The lowest BCUT2D eigenvalue weighted by Crippen LogP contribution is -2.29. The van der Waals surface area contributed by atoms with Crippen molar-refractivity contribution in [3.05, 3.63) is 28.0 Å². The van der Waals surface area contributed by atoms with Gasteiger partial charge in [0.25, 0.3) is 0 Å². The Morgan fingerprint density at radius 2 is 2.22 bits per heavy atom. The van der Waals surface area contributed by atoms with Crippen LogP contribution in [0.15, 0.2) is 16.6 Å². The van der Waals surface area contributed by atoms with Gasteiger partial charge in [-0.1, -0.05) is 0 Å². The average molecular weight is 316 g/mol. The van der Waals surface area contributed by atoms with E-state index in [9.17, 15) is 4.39 Å². The molecule has 98 valence electrons. The normalized spacial score (nSPS) is 11.9. The van der Waals surface area contributed by atoms with Crippen LogP contribution in [0.25, 0.3) is 0 Å².